The Kier molecular flexibility index (Phi) is 5.11. The van der Waals surface area contributed by atoms with Gasteiger partial charge in [-0.1, -0.05) is 13.0 Å². The van der Waals surface area contributed by atoms with Gasteiger partial charge >= 0.3 is 0 Å². The second-order valence-electron chi connectivity index (χ2n) is 6.54. The van der Waals surface area contributed by atoms with Crippen LogP contribution in [0, 0.1) is 0 Å². The Bertz CT molecular complexity index is 924. The number of rotatable bonds is 5. The predicted molar refractivity (Wildman–Crippen MR) is 107 cm³/mol. The van der Waals surface area contributed by atoms with Crippen molar-refractivity contribution in [1.82, 2.24) is 20.3 Å². The van der Waals surface area contributed by atoms with Crippen molar-refractivity contribution in [3.8, 4) is 10.6 Å². The number of aromatic nitrogens is 3. The Balaban J connectivity index is 1.56. The van der Waals surface area contributed by atoms with Gasteiger partial charge in [0.1, 0.15) is 16.6 Å². The van der Waals surface area contributed by atoms with Crippen molar-refractivity contribution in [2.24, 2.45) is 0 Å². The van der Waals surface area contributed by atoms with Gasteiger partial charge in [0.2, 0.25) is 5.91 Å². The maximum Gasteiger partial charge on any atom is 0.220 e. The van der Waals surface area contributed by atoms with E-state index in [1.165, 1.54) is 5.56 Å². The van der Waals surface area contributed by atoms with Gasteiger partial charge < -0.3 is 10.6 Å². The molecule has 1 unspecified atom stereocenters. The first kappa shape index (κ1) is 17.6. The number of anilines is 2. The monoisotopic (exact) mass is 379 g/mol. The molecule has 0 radical (unpaired) electrons. The first-order chi connectivity index (χ1) is 13.2. The molecule has 0 saturated carbocycles. The molecule has 0 aliphatic carbocycles. The topological polar surface area (TPSA) is 79.8 Å². The average molecular weight is 379 g/mol. The number of hydrogen-bond acceptors (Lipinski definition) is 6. The summed E-state index contributed by atoms with van der Waals surface area (Å²) in [6, 6.07) is 6.12. The average Bonchev–Trinajstić information content (AvgIpc) is 3.23. The Labute approximate surface area is 162 Å². The zero-order chi connectivity index (χ0) is 18.6. The largest absolute Gasteiger partial charge is 0.349 e. The lowest BCUT2D eigenvalue weighted by Gasteiger charge is -2.23. The van der Waals surface area contributed by atoms with E-state index < -0.39 is 0 Å². The lowest BCUT2D eigenvalue weighted by atomic mass is 9.98. The Morgan fingerprint density at radius 3 is 2.89 bits per heavy atom. The van der Waals surface area contributed by atoms with Gasteiger partial charge in [0.25, 0.3) is 0 Å². The molecule has 7 heteroatoms. The first-order valence-electron chi connectivity index (χ1n) is 9.14. The summed E-state index contributed by atoms with van der Waals surface area (Å²) in [6.45, 7) is 2.11. The summed E-state index contributed by atoms with van der Waals surface area (Å²) in [5.74, 6) is 1.57. The molecule has 1 amide bonds. The van der Waals surface area contributed by atoms with Gasteiger partial charge in [-0.3, -0.25) is 4.79 Å². The highest BCUT2D eigenvalue weighted by Crippen LogP contribution is 2.31. The maximum atomic E-state index is 11.6. The van der Waals surface area contributed by atoms with E-state index in [0.717, 1.165) is 47.0 Å². The number of carbonyl (C=O) groups is 1. The molecule has 1 atom stereocenters. The summed E-state index contributed by atoms with van der Waals surface area (Å²) in [5, 5.41) is 9.23. The van der Waals surface area contributed by atoms with E-state index in [1.54, 1.807) is 17.5 Å². The van der Waals surface area contributed by atoms with Crippen molar-refractivity contribution in [3.63, 3.8) is 0 Å². The molecular formula is C20H21N5OS. The molecule has 1 aliphatic heterocycles. The molecular weight excluding hydrogens is 358 g/mol. The van der Waals surface area contributed by atoms with Crippen LogP contribution in [-0.4, -0.2) is 20.9 Å². The van der Waals surface area contributed by atoms with Gasteiger partial charge in [-0.25, -0.2) is 15.0 Å². The normalized spacial score (nSPS) is 16.8. The first-order valence-corrected chi connectivity index (χ1v) is 10.0. The Morgan fingerprint density at radius 2 is 2.19 bits per heavy atom. The molecule has 1 fully saturated rings. The van der Waals surface area contributed by atoms with Gasteiger partial charge in [0.05, 0.1) is 11.6 Å². The van der Waals surface area contributed by atoms with E-state index in [9.17, 15) is 4.79 Å². The predicted octanol–water partition coefficient (Wildman–Crippen LogP) is 4.25. The summed E-state index contributed by atoms with van der Waals surface area (Å²) in [6.07, 6.45) is 8.91. The highest BCUT2D eigenvalue weighted by molar-refractivity contribution is 7.13. The molecule has 2 N–H and O–H groups in total. The molecule has 138 valence electrons. The minimum absolute atomic E-state index is 0.0562. The molecule has 0 spiro atoms. The van der Waals surface area contributed by atoms with Crippen LogP contribution in [0.3, 0.4) is 0 Å². The number of piperidine rings is 1. The molecule has 3 aromatic heterocycles. The van der Waals surface area contributed by atoms with E-state index in [0.29, 0.717) is 6.42 Å². The van der Waals surface area contributed by atoms with Crippen LogP contribution < -0.4 is 10.6 Å². The Morgan fingerprint density at radius 1 is 1.26 bits per heavy atom. The third-order valence-corrected chi connectivity index (χ3v) is 5.49. The maximum absolute atomic E-state index is 11.6. The van der Waals surface area contributed by atoms with Gasteiger partial charge in [0, 0.05) is 30.4 Å². The number of pyridine rings is 2. The van der Waals surface area contributed by atoms with E-state index in [4.69, 9.17) is 0 Å². The van der Waals surface area contributed by atoms with Gasteiger partial charge in [0.15, 0.2) is 0 Å². The molecule has 27 heavy (non-hydrogen) atoms. The van der Waals surface area contributed by atoms with E-state index in [-0.39, 0.29) is 11.9 Å². The van der Waals surface area contributed by atoms with Gasteiger partial charge in [-0.15, -0.1) is 11.3 Å². The van der Waals surface area contributed by atoms with Crippen LogP contribution in [0.25, 0.3) is 10.6 Å². The number of amides is 1. The summed E-state index contributed by atoms with van der Waals surface area (Å²) >= 11 is 1.59. The molecule has 4 heterocycles. The number of aryl methyl sites for hydroxylation is 1. The number of nitrogens with zero attached hydrogens (tertiary/aromatic N) is 3. The van der Waals surface area contributed by atoms with Crippen LogP contribution in [0.4, 0.5) is 11.6 Å². The fourth-order valence-electron chi connectivity index (χ4n) is 3.18. The number of carbonyl (C=O) groups excluding carboxylic acids is 1. The van der Waals surface area contributed by atoms with Crippen molar-refractivity contribution in [2.75, 3.05) is 5.32 Å². The fraction of sp³-hybridized carbons (Fsp3) is 0.300. The van der Waals surface area contributed by atoms with Crippen molar-refractivity contribution in [2.45, 2.75) is 38.6 Å². The summed E-state index contributed by atoms with van der Waals surface area (Å²) in [7, 11) is 0. The molecule has 1 aliphatic rings. The number of hydrogen-bond donors (Lipinski definition) is 2. The molecule has 1 saturated heterocycles. The number of nitrogens with one attached hydrogen (secondary N) is 2. The van der Waals surface area contributed by atoms with Crippen molar-refractivity contribution in [3.05, 3.63) is 53.3 Å². The molecule has 0 bridgehead atoms. The quantitative estimate of drug-likeness (QED) is 0.693. The molecule has 4 rings (SSSR count). The lowest BCUT2D eigenvalue weighted by molar-refractivity contribution is -0.123. The molecule has 0 aromatic carbocycles. The minimum Gasteiger partial charge on any atom is -0.349 e. The zero-order valence-electron chi connectivity index (χ0n) is 15.1. The third-order valence-electron chi connectivity index (χ3n) is 4.68. The Hall–Kier alpha value is -2.80. The third kappa shape index (κ3) is 3.98. The minimum atomic E-state index is 0.0562. The molecule has 3 aromatic rings. The number of thiazole rings is 1. The van der Waals surface area contributed by atoms with Crippen LogP contribution in [0.1, 0.15) is 43.4 Å². The second-order valence-corrected chi connectivity index (χ2v) is 7.44. The zero-order valence-corrected chi connectivity index (χ0v) is 15.9. The van der Waals surface area contributed by atoms with Crippen molar-refractivity contribution < 1.29 is 4.79 Å². The van der Waals surface area contributed by atoms with Gasteiger partial charge in [-0.2, -0.15) is 0 Å². The standard InChI is InChI=1S/C20H21N5OS/c1-2-13-10-15(20-21-8-9-27-20)19(23-11-13)25-17-7-6-14(12-22-17)16-4-3-5-18(26)24-16/h6-12,16H,2-5H2,1H3,(H,24,26)(H,22,23,25). The smallest absolute Gasteiger partial charge is 0.220 e. The van der Waals surface area contributed by atoms with Crippen LogP contribution in [0.15, 0.2) is 42.2 Å². The fourth-order valence-corrected chi connectivity index (χ4v) is 3.84. The second kappa shape index (κ2) is 7.84. The van der Waals surface area contributed by atoms with Crippen molar-refractivity contribution >= 4 is 28.9 Å². The van der Waals surface area contributed by atoms with E-state index in [1.807, 2.05) is 29.9 Å². The molecule has 6 nitrogen and oxygen atoms in total. The van der Waals surface area contributed by atoms with E-state index >= 15 is 0 Å². The lowest BCUT2D eigenvalue weighted by Crippen LogP contribution is -2.32. The summed E-state index contributed by atoms with van der Waals surface area (Å²) in [4.78, 5) is 25.1. The SMILES string of the molecule is CCc1cnc(Nc2ccc(C3CCCC(=O)N3)cn2)c(-c2nccs2)c1. The summed E-state index contributed by atoms with van der Waals surface area (Å²) < 4.78 is 0. The summed E-state index contributed by atoms with van der Waals surface area (Å²) in [5.41, 5.74) is 3.18. The van der Waals surface area contributed by atoms with Crippen LogP contribution in [-0.2, 0) is 11.2 Å². The highest BCUT2D eigenvalue weighted by atomic mass is 32.1. The van der Waals surface area contributed by atoms with Crippen LogP contribution in [0.2, 0.25) is 0 Å². The van der Waals surface area contributed by atoms with Gasteiger partial charge in [-0.05, 0) is 42.5 Å². The van der Waals surface area contributed by atoms with Crippen LogP contribution in [0.5, 0.6) is 0 Å². The van der Waals surface area contributed by atoms with Crippen LogP contribution >= 0.6 is 11.3 Å². The highest BCUT2D eigenvalue weighted by Gasteiger charge is 2.20. The van der Waals surface area contributed by atoms with E-state index in [2.05, 4.69) is 38.6 Å². The van der Waals surface area contributed by atoms with Crippen molar-refractivity contribution in [1.29, 1.82) is 0 Å².